The Morgan fingerprint density at radius 3 is 2.76 bits per heavy atom. The third kappa shape index (κ3) is 3.84. The summed E-state index contributed by atoms with van der Waals surface area (Å²) >= 11 is 3.37. The molecule has 7 heteroatoms. The fourth-order valence-electron chi connectivity index (χ4n) is 2.52. The Morgan fingerprint density at radius 2 is 2.19 bits per heavy atom. The molecule has 118 valence electrons. The van der Waals surface area contributed by atoms with Gasteiger partial charge in [-0.1, -0.05) is 6.07 Å². The zero-order chi connectivity index (χ0) is 15.7. The van der Waals surface area contributed by atoms with Gasteiger partial charge in [0.25, 0.3) is 0 Å². The smallest absolute Gasteiger partial charge is 0.242 e. The summed E-state index contributed by atoms with van der Waals surface area (Å²) in [7, 11) is -3.64. The lowest BCUT2D eigenvalue weighted by Gasteiger charge is -2.34. The van der Waals surface area contributed by atoms with Gasteiger partial charge < -0.3 is 10.5 Å². The second-order valence-corrected chi connectivity index (χ2v) is 8.20. The van der Waals surface area contributed by atoms with Gasteiger partial charge in [-0.15, -0.1) is 0 Å². The summed E-state index contributed by atoms with van der Waals surface area (Å²) in [5, 5.41) is 0. The van der Waals surface area contributed by atoms with Crippen LogP contribution >= 0.6 is 15.9 Å². The van der Waals surface area contributed by atoms with Gasteiger partial charge in [0.2, 0.25) is 10.0 Å². The van der Waals surface area contributed by atoms with Gasteiger partial charge in [0.05, 0.1) is 17.0 Å². The van der Waals surface area contributed by atoms with E-state index < -0.39 is 15.6 Å². The highest BCUT2D eigenvalue weighted by molar-refractivity contribution is 9.10. The Bertz CT molecular complexity index is 625. The monoisotopic (exact) mass is 376 g/mol. The Hall–Kier alpha value is -0.470. The first-order valence-corrected chi connectivity index (χ1v) is 9.16. The van der Waals surface area contributed by atoms with E-state index in [1.54, 1.807) is 6.07 Å². The molecule has 1 saturated heterocycles. The molecule has 1 heterocycles. The van der Waals surface area contributed by atoms with Gasteiger partial charge in [0.15, 0.2) is 0 Å². The lowest BCUT2D eigenvalue weighted by Crippen LogP contribution is -2.51. The first kappa shape index (κ1) is 16.9. The molecular weight excluding hydrogens is 356 g/mol. The number of hydrogen-bond donors (Lipinski definition) is 2. The molecule has 21 heavy (non-hydrogen) atoms. The van der Waals surface area contributed by atoms with E-state index in [0.29, 0.717) is 24.2 Å². The summed E-state index contributed by atoms with van der Waals surface area (Å²) in [5.74, 6) is 0. The number of sulfonamides is 1. The van der Waals surface area contributed by atoms with E-state index in [4.69, 9.17) is 10.5 Å². The van der Waals surface area contributed by atoms with Gasteiger partial charge in [0, 0.05) is 17.6 Å². The summed E-state index contributed by atoms with van der Waals surface area (Å²) in [4.78, 5) is 0.231. The van der Waals surface area contributed by atoms with Crippen LogP contribution in [-0.2, 0) is 21.3 Å². The van der Waals surface area contributed by atoms with Crippen molar-refractivity contribution < 1.29 is 13.2 Å². The van der Waals surface area contributed by atoms with Crippen LogP contribution in [0.1, 0.15) is 30.9 Å². The highest BCUT2D eigenvalue weighted by Crippen LogP contribution is 2.29. The molecule has 1 aliphatic heterocycles. The zero-order valence-electron chi connectivity index (χ0n) is 12.3. The zero-order valence-corrected chi connectivity index (χ0v) is 14.7. The van der Waals surface area contributed by atoms with E-state index in [1.807, 2.05) is 19.9 Å². The predicted octanol–water partition coefficient (Wildman–Crippen LogP) is 2.06. The number of aryl methyl sites for hydroxylation is 1. The van der Waals surface area contributed by atoms with E-state index in [9.17, 15) is 8.42 Å². The third-order valence-corrected chi connectivity index (χ3v) is 6.60. The van der Waals surface area contributed by atoms with Crippen LogP contribution in [0, 0.1) is 6.92 Å². The molecular formula is C14H21BrN2O3S. The maximum Gasteiger partial charge on any atom is 0.242 e. The van der Waals surface area contributed by atoms with Gasteiger partial charge in [-0.05, 0) is 59.8 Å². The molecule has 0 aromatic heterocycles. The fraction of sp³-hybridized carbons (Fsp3) is 0.571. The minimum absolute atomic E-state index is 0.231. The number of hydrogen-bond acceptors (Lipinski definition) is 4. The second kappa shape index (κ2) is 6.34. The average molecular weight is 377 g/mol. The fourth-order valence-corrected chi connectivity index (χ4v) is 5.01. The topological polar surface area (TPSA) is 81.4 Å². The van der Waals surface area contributed by atoms with E-state index in [1.165, 1.54) is 0 Å². The molecule has 1 atom stereocenters. The van der Waals surface area contributed by atoms with Crippen LogP contribution < -0.4 is 10.5 Å². The maximum absolute atomic E-state index is 12.7. The summed E-state index contributed by atoms with van der Waals surface area (Å²) in [6, 6.07) is 3.50. The summed E-state index contributed by atoms with van der Waals surface area (Å²) in [6.07, 6.45) is 1.61. The van der Waals surface area contributed by atoms with Crippen molar-refractivity contribution in [3.05, 3.63) is 27.7 Å². The highest BCUT2D eigenvalue weighted by Gasteiger charge is 2.34. The van der Waals surface area contributed by atoms with Crippen LogP contribution in [0.2, 0.25) is 0 Å². The van der Waals surface area contributed by atoms with Crippen molar-refractivity contribution in [2.75, 3.05) is 13.2 Å². The Balaban J connectivity index is 2.37. The second-order valence-electron chi connectivity index (χ2n) is 5.75. The van der Waals surface area contributed by atoms with Crippen LogP contribution in [0.4, 0.5) is 0 Å². The summed E-state index contributed by atoms with van der Waals surface area (Å²) in [6.45, 7) is 5.10. The van der Waals surface area contributed by atoms with Gasteiger partial charge in [-0.2, -0.15) is 0 Å². The van der Waals surface area contributed by atoms with Crippen molar-refractivity contribution in [2.45, 2.75) is 43.7 Å². The van der Waals surface area contributed by atoms with E-state index in [2.05, 4.69) is 20.7 Å². The molecule has 0 saturated carbocycles. The molecule has 1 unspecified atom stereocenters. The molecule has 0 bridgehead atoms. The van der Waals surface area contributed by atoms with Crippen molar-refractivity contribution in [1.82, 2.24) is 4.72 Å². The van der Waals surface area contributed by atoms with Crippen molar-refractivity contribution in [3.8, 4) is 0 Å². The molecule has 0 spiro atoms. The minimum Gasteiger partial charge on any atom is -0.380 e. The number of nitrogens with one attached hydrogen (secondary N) is 1. The normalized spacial score (nSPS) is 23.2. The molecule has 2 rings (SSSR count). The highest BCUT2D eigenvalue weighted by atomic mass is 79.9. The van der Waals surface area contributed by atoms with Gasteiger partial charge >= 0.3 is 0 Å². The third-order valence-electron chi connectivity index (χ3n) is 3.62. The first-order chi connectivity index (χ1) is 9.77. The molecule has 3 N–H and O–H groups in total. The lowest BCUT2D eigenvalue weighted by molar-refractivity contribution is 0.0386. The molecule has 0 amide bonds. The molecule has 0 radical (unpaired) electrons. The Morgan fingerprint density at radius 1 is 1.48 bits per heavy atom. The van der Waals surface area contributed by atoms with Crippen LogP contribution in [0.15, 0.2) is 21.5 Å². The van der Waals surface area contributed by atoms with Gasteiger partial charge in [-0.25, -0.2) is 13.1 Å². The largest absolute Gasteiger partial charge is 0.380 e. The molecule has 1 fully saturated rings. The SMILES string of the molecule is Cc1cc(CN)cc(S(=O)(=O)NC2(C)CCCOC2)c1Br. The lowest BCUT2D eigenvalue weighted by atomic mass is 9.97. The number of halogens is 1. The quantitative estimate of drug-likeness (QED) is 0.842. The van der Waals surface area contributed by atoms with Crippen LogP contribution in [0.25, 0.3) is 0 Å². The van der Waals surface area contributed by atoms with E-state index in [0.717, 1.165) is 24.0 Å². The van der Waals surface area contributed by atoms with Crippen molar-refractivity contribution in [1.29, 1.82) is 0 Å². The summed E-state index contributed by atoms with van der Waals surface area (Å²) < 4.78 is 34.2. The standard InChI is InChI=1S/C14H21BrN2O3S/c1-10-6-11(8-16)7-12(13(10)15)21(18,19)17-14(2)4-3-5-20-9-14/h6-7,17H,3-5,8-9,16H2,1-2H3. The molecule has 1 aliphatic rings. The first-order valence-electron chi connectivity index (χ1n) is 6.88. The number of rotatable bonds is 4. The van der Waals surface area contributed by atoms with Crippen molar-refractivity contribution in [3.63, 3.8) is 0 Å². The Labute approximate surface area is 134 Å². The van der Waals surface area contributed by atoms with E-state index >= 15 is 0 Å². The number of ether oxygens (including phenoxy) is 1. The number of nitrogens with two attached hydrogens (primary N) is 1. The van der Waals surface area contributed by atoms with Crippen LogP contribution in [-0.4, -0.2) is 27.2 Å². The summed E-state index contributed by atoms with van der Waals surface area (Å²) in [5.41, 5.74) is 6.72. The minimum atomic E-state index is -3.64. The van der Waals surface area contributed by atoms with Crippen molar-refractivity contribution in [2.24, 2.45) is 5.73 Å². The molecule has 1 aromatic rings. The van der Waals surface area contributed by atoms with Crippen molar-refractivity contribution >= 4 is 26.0 Å². The van der Waals surface area contributed by atoms with Gasteiger partial charge in [0.1, 0.15) is 0 Å². The number of benzene rings is 1. The predicted molar refractivity (Wildman–Crippen MR) is 85.5 cm³/mol. The molecule has 5 nitrogen and oxygen atoms in total. The maximum atomic E-state index is 12.7. The van der Waals surface area contributed by atoms with E-state index in [-0.39, 0.29) is 4.90 Å². The molecule has 1 aromatic carbocycles. The van der Waals surface area contributed by atoms with Gasteiger partial charge in [-0.3, -0.25) is 0 Å². The Kier molecular flexibility index (Phi) is 5.10. The van der Waals surface area contributed by atoms with Crippen LogP contribution in [0.5, 0.6) is 0 Å². The van der Waals surface area contributed by atoms with Crippen LogP contribution in [0.3, 0.4) is 0 Å². The average Bonchev–Trinajstić information content (AvgIpc) is 2.41. The molecule has 0 aliphatic carbocycles.